The zero-order valence-electron chi connectivity index (χ0n) is 9.91. The molecule has 1 aliphatic heterocycles. The fourth-order valence-corrected chi connectivity index (χ4v) is 1.92. The molecule has 18 heavy (non-hydrogen) atoms. The summed E-state index contributed by atoms with van der Waals surface area (Å²) in [7, 11) is 0. The average Bonchev–Trinajstić information content (AvgIpc) is 2.85. The van der Waals surface area contributed by atoms with Crippen molar-refractivity contribution in [3.8, 4) is 0 Å². The summed E-state index contributed by atoms with van der Waals surface area (Å²) in [6, 6.07) is 6.60. The lowest BCUT2D eigenvalue weighted by molar-refractivity contribution is -0.385. The van der Waals surface area contributed by atoms with Crippen LogP contribution in [0, 0.1) is 10.1 Å². The molecule has 1 aliphatic rings. The molecule has 0 radical (unpaired) electrons. The van der Waals surface area contributed by atoms with Crippen molar-refractivity contribution in [2.75, 3.05) is 0 Å². The number of allylic oxidation sites excluding steroid dienone is 1. The van der Waals surface area contributed by atoms with Gasteiger partial charge in [0.1, 0.15) is 6.10 Å². The Bertz CT molecular complexity index is 497. The van der Waals surface area contributed by atoms with Crippen LogP contribution < -0.4 is 0 Å². The molecule has 0 aliphatic carbocycles. The van der Waals surface area contributed by atoms with E-state index in [0.29, 0.717) is 17.7 Å². The van der Waals surface area contributed by atoms with Gasteiger partial charge >= 0.3 is 0 Å². The second-order valence-electron chi connectivity index (χ2n) is 4.11. The summed E-state index contributed by atoms with van der Waals surface area (Å²) >= 11 is 0. The van der Waals surface area contributed by atoms with Gasteiger partial charge in [0.15, 0.2) is 0 Å². The standard InChI is InChI=1S/C13H14N2O3/c1-2-3-6-10-9-12(14-18-10)11-7-4-5-8-13(11)15(16)17/h2,4-5,7-8,10H,1,3,6,9H2. The maximum Gasteiger partial charge on any atom is 0.278 e. The normalized spacial score (nSPS) is 18.0. The lowest BCUT2D eigenvalue weighted by Gasteiger charge is -2.05. The van der Waals surface area contributed by atoms with Gasteiger partial charge in [-0.15, -0.1) is 6.58 Å². The van der Waals surface area contributed by atoms with Crippen LogP contribution in [0.2, 0.25) is 0 Å². The molecule has 0 amide bonds. The van der Waals surface area contributed by atoms with Crippen molar-refractivity contribution >= 4 is 11.4 Å². The Morgan fingerprint density at radius 1 is 1.56 bits per heavy atom. The molecule has 5 nitrogen and oxygen atoms in total. The summed E-state index contributed by atoms with van der Waals surface area (Å²) in [5, 5.41) is 14.9. The Morgan fingerprint density at radius 2 is 2.33 bits per heavy atom. The van der Waals surface area contributed by atoms with Gasteiger partial charge in [-0.05, 0) is 18.9 Å². The van der Waals surface area contributed by atoms with Gasteiger partial charge in [-0.1, -0.05) is 23.4 Å². The molecular weight excluding hydrogens is 232 g/mol. The predicted molar refractivity (Wildman–Crippen MR) is 68.6 cm³/mol. The minimum absolute atomic E-state index is 0.00203. The molecule has 1 unspecified atom stereocenters. The summed E-state index contributed by atoms with van der Waals surface area (Å²) in [6.45, 7) is 3.65. The van der Waals surface area contributed by atoms with E-state index >= 15 is 0 Å². The van der Waals surface area contributed by atoms with E-state index in [1.165, 1.54) is 6.07 Å². The van der Waals surface area contributed by atoms with Crippen molar-refractivity contribution in [2.45, 2.75) is 25.4 Å². The van der Waals surface area contributed by atoms with E-state index < -0.39 is 4.92 Å². The molecule has 94 valence electrons. The molecule has 0 saturated carbocycles. The lowest BCUT2D eigenvalue weighted by atomic mass is 10.0. The van der Waals surface area contributed by atoms with Crippen molar-refractivity contribution in [1.29, 1.82) is 0 Å². The fraction of sp³-hybridized carbons (Fsp3) is 0.308. The first-order valence-electron chi connectivity index (χ1n) is 5.79. The quantitative estimate of drug-likeness (QED) is 0.455. The zero-order valence-corrected chi connectivity index (χ0v) is 9.91. The van der Waals surface area contributed by atoms with Crippen LogP contribution in [0.5, 0.6) is 0 Å². The summed E-state index contributed by atoms with van der Waals surface area (Å²) < 4.78 is 0. The molecular formula is C13H14N2O3. The maximum atomic E-state index is 10.9. The van der Waals surface area contributed by atoms with Crippen LogP contribution in [-0.2, 0) is 4.84 Å². The van der Waals surface area contributed by atoms with Gasteiger partial charge in [-0.25, -0.2) is 0 Å². The molecule has 0 N–H and O–H groups in total. The van der Waals surface area contributed by atoms with E-state index in [9.17, 15) is 10.1 Å². The van der Waals surface area contributed by atoms with Gasteiger partial charge in [0.25, 0.3) is 5.69 Å². The van der Waals surface area contributed by atoms with Crippen molar-refractivity contribution in [1.82, 2.24) is 0 Å². The molecule has 0 spiro atoms. The number of para-hydroxylation sites is 1. The highest BCUT2D eigenvalue weighted by atomic mass is 16.6. The number of nitro groups is 1. The second-order valence-corrected chi connectivity index (χ2v) is 4.11. The number of rotatable bonds is 5. The molecule has 1 atom stereocenters. The largest absolute Gasteiger partial charge is 0.392 e. The summed E-state index contributed by atoms with van der Waals surface area (Å²) in [6.07, 6.45) is 4.12. The fourth-order valence-electron chi connectivity index (χ4n) is 1.92. The van der Waals surface area contributed by atoms with E-state index in [1.807, 2.05) is 6.08 Å². The number of nitrogens with zero attached hydrogens (tertiary/aromatic N) is 2. The van der Waals surface area contributed by atoms with Gasteiger partial charge in [0.2, 0.25) is 0 Å². The van der Waals surface area contributed by atoms with Gasteiger partial charge in [-0.2, -0.15) is 0 Å². The first-order chi connectivity index (χ1) is 8.72. The van der Waals surface area contributed by atoms with Crippen molar-refractivity contribution < 1.29 is 9.76 Å². The molecule has 5 heteroatoms. The lowest BCUT2D eigenvalue weighted by Crippen LogP contribution is -2.09. The van der Waals surface area contributed by atoms with Gasteiger partial charge < -0.3 is 4.84 Å². The number of nitro benzene ring substituents is 1. The molecule has 0 fully saturated rings. The maximum absolute atomic E-state index is 10.9. The van der Waals surface area contributed by atoms with Gasteiger partial charge in [0, 0.05) is 12.5 Å². The summed E-state index contributed by atoms with van der Waals surface area (Å²) in [4.78, 5) is 15.8. The van der Waals surface area contributed by atoms with Crippen molar-refractivity contribution in [3.63, 3.8) is 0 Å². The Balaban J connectivity index is 2.14. The van der Waals surface area contributed by atoms with Gasteiger partial charge in [0.05, 0.1) is 16.2 Å². The van der Waals surface area contributed by atoms with Crippen LogP contribution in [0.3, 0.4) is 0 Å². The molecule has 1 aromatic rings. The van der Waals surface area contributed by atoms with Gasteiger partial charge in [-0.3, -0.25) is 10.1 Å². The highest BCUT2D eigenvalue weighted by molar-refractivity contribution is 6.04. The third-order valence-corrected chi connectivity index (χ3v) is 2.84. The average molecular weight is 246 g/mol. The number of benzene rings is 1. The van der Waals surface area contributed by atoms with E-state index in [1.54, 1.807) is 18.2 Å². The number of hydrogen-bond acceptors (Lipinski definition) is 4. The Kier molecular flexibility index (Phi) is 3.72. The Labute approximate surface area is 105 Å². The molecule has 0 aromatic heterocycles. The first-order valence-corrected chi connectivity index (χ1v) is 5.79. The van der Waals surface area contributed by atoms with E-state index in [0.717, 1.165) is 12.8 Å². The van der Waals surface area contributed by atoms with Crippen molar-refractivity contribution in [3.05, 3.63) is 52.6 Å². The van der Waals surface area contributed by atoms with Crippen LogP contribution in [0.25, 0.3) is 0 Å². The third-order valence-electron chi connectivity index (χ3n) is 2.84. The molecule has 1 heterocycles. The Hall–Kier alpha value is -2.17. The summed E-state index contributed by atoms with van der Waals surface area (Å²) in [5.41, 5.74) is 1.27. The molecule has 2 rings (SSSR count). The van der Waals surface area contributed by atoms with E-state index in [-0.39, 0.29) is 11.8 Å². The minimum atomic E-state index is -0.394. The van der Waals surface area contributed by atoms with Crippen LogP contribution >= 0.6 is 0 Å². The van der Waals surface area contributed by atoms with Crippen molar-refractivity contribution in [2.24, 2.45) is 5.16 Å². The highest BCUT2D eigenvalue weighted by Crippen LogP contribution is 2.25. The Morgan fingerprint density at radius 3 is 3.06 bits per heavy atom. The smallest absolute Gasteiger partial charge is 0.278 e. The van der Waals surface area contributed by atoms with E-state index in [4.69, 9.17) is 4.84 Å². The topological polar surface area (TPSA) is 64.7 Å². The van der Waals surface area contributed by atoms with E-state index in [2.05, 4.69) is 11.7 Å². The SMILES string of the molecule is C=CCCC1CC(c2ccccc2[N+](=O)[O-])=NO1. The molecule has 0 bridgehead atoms. The van der Waals surface area contributed by atoms with Crippen LogP contribution in [0.15, 0.2) is 42.1 Å². The second kappa shape index (κ2) is 5.44. The monoisotopic (exact) mass is 246 g/mol. The zero-order chi connectivity index (χ0) is 13.0. The highest BCUT2D eigenvalue weighted by Gasteiger charge is 2.26. The molecule has 1 aromatic carbocycles. The number of oxime groups is 1. The predicted octanol–water partition coefficient (Wildman–Crippen LogP) is 3.05. The minimum Gasteiger partial charge on any atom is -0.392 e. The van der Waals surface area contributed by atoms with Crippen LogP contribution in [0.1, 0.15) is 24.8 Å². The third kappa shape index (κ3) is 2.56. The summed E-state index contributed by atoms with van der Waals surface area (Å²) in [5.74, 6) is 0. The number of hydrogen-bond donors (Lipinski definition) is 0. The van der Waals surface area contributed by atoms with Crippen LogP contribution in [0.4, 0.5) is 5.69 Å². The molecule has 0 saturated heterocycles. The van der Waals surface area contributed by atoms with Crippen LogP contribution in [-0.4, -0.2) is 16.7 Å². The first kappa shape index (κ1) is 12.3.